The van der Waals surface area contributed by atoms with Crippen molar-refractivity contribution >= 4 is 8.32 Å². The molecule has 0 radical (unpaired) electrons. The van der Waals surface area contributed by atoms with Crippen LogP contribution in [0.5, 0.6) is 5.75 Å². The van der Waals surface area contributed by atoms with E-state index >= 15 is 0 Å². The lowest BCUT2D eigenvalue weighted by molar-refractivity contribution is -0.300. The highest BCUT2D eigenvalue weighted by molar-refractivity contribution is 6.74. The summed E-state index contributed by atoms with van der Waals surface area (Å²) in [7, 11) is 0.850. The number of methoxy groups -OCH3 is 2. The van der Waals surface area contributed by atoms with Crippen molar-refractivity contribution in [3.8, 4) is 5.75 Å². The van der Waals surface area contributed by atoms with Crippen LogP contribution in [0.15, 0.2) is 24.3 Å². The van der Waals surface area contributed by atoms with Crippen molar-refractivity contribution in [3.63, 3.8) is 0 Å². The molecule has 2 N–H and O–H groups in total. The van der Waals surface area contributed by atoms with Gasteiger partial charge in [0.1, 0.15) is 30.2 Å². The van der Waals surface area contributed by atoms with Gasteiger partial charge in [0, 0.05) is 7.11 Å². The van der Waals surface area contributed by atoms with E-state index in [-0.39, 0.29) is 18.3 Å². The van der Waals surface area contributed by atoms with Gasteiger partial charge in [0.25, 0.3) is 0 Å². The fourth-order valence-electron chi connectivity index (χ4n) is 3.00. The average Bonchev–Trinajstić information content (AvgIpc) is 2.67. The molecule has 1 aromatic rings. The molecule has 1 fully saturated rings. The minimum absolute atomic E-state index is 0.0527. The Morgan fingerprint density at radius 1 is 1.07 bits per heavy atom. The second-order valence-electron chi connectivity index (χ2n) is 8.92. The fourth-order valence-corrected chi connectivity index (χ4v) is 4.31. The van der Waals surface area contributed by atoms with Crippen molar-refractivity contribution in [2.45, 2.75) is 76.2 Å². The highest BCUT2D eigenvalue weighted by Gasteiger charge is 2.50. The van der Waals surface area contributed by atoms with Gasteiger partial charge in [-0.1, -0.05) is 32.9 Å². The molecule has 1 aromatic carbocycles. The molecule has 166 valence electrons. The van der Waals surface area contributed by atoms with Crippen LogP contribution in [0.3, 0.4) is 0 Å². The Morgan fingerprint density at radius 2 is 1.69 bits per heavy atom. The lowest BCUT2D eigenvalue weighted by atomic mass is 9.99. The van der Waals surface area contributed by atoms with Gasteiger partial charge in [-0.25, -0.2) is 0 Å². The summed E-state index contributed by atoms with van der Waals surface area (Å²) >= 11 is 0. The largest absolute Gasteiger partial charge is 0.497 e. The molecule has 5 atom stereocenters. The molecule has 1 aliphatic heterocycles. The van der Waals surface area contributed by atoms with Gasteiger partial charge in [-0.05, 0) is 35.8 Å². The number of hydrogen-bond acceptors (Lipinski definition) is 7. The Bertz CT molecular complexity index is 629. The van der Waals surface area contributed by atoms with Crippen LogP contribution in [0.25, 0.3) is 0 Å². The van der Waals surface area contributed by atoms with E-state index in [0.717, 1.165) is 11.3 Å². The Morgan fingerprint density at radius 3 is 2.17 bits per heavy atom. The number of ether oxygens (including phenoxy) is 4. The molecule has 0 amide bonds. The van der Waals surface area contributed by atoms with Crippen molar-refractivity contribution < 1.29 is 33.6 Å². The van der Waals surface area contributed by atoms with Crippen LogP contribution in [0, 0.1) is 0 Å². The monoisotopic (exact) mass is 428 g/mol. The standard InChI is InChI=1S/C21H36O7Si/c1-21(2,3)29(6,7)28-19-17(23)20(25-5)27-16(12-22)18(19)26-13-14-8-10-15(24-4)11-9-14/h8-11,16-20,22-23H,12-13H2,1-7H3/t16-,17-,18-,19-,20+/m1/s1. The normalized spacial score (nSPS) is 28.4. The summed E-state index contributed by atoms with van der Waals surface area (Å²) in [6, 6.07) is 7.54. The third-order valence-corrected chi connectivity index (χ3v) is 10.3. The maximum Gasteiger partial charge on any atom is 0.192 e. The van der Waals surface area contributed by atoms with Crippen LogP contribution in [-0.2, 0) is 25.2 Å². The van der Waals surface area contributed by atoms with Gasteiger partial charge in [0.2, 0.25) is 0 Å². The van der Waals surface area contributed by atoms with E-state index in [2.05, 4.69) is 33.9 Å². The molecule has 8 heteroatoms. The number of benzene rings is 1. The van der Waals surface area contributed by atoms with Crippen LogP contribution in [0.1, 0.15) is 26.3 Å². The summed E-state index contributed by atoms with van der Waals surface area (Å²) in [5, 5.41) is 20.7. The zero-order valence-corrected chi connectivity index (χ0v) is 19.5. The van der Waals surface area contributed by atoms with Crippen molar-refractivity contribution in [2.75, 3.05) is 20.8 Å². The summed E-state index contributed by atoms with van der Waals surface area (Å²) in [4.78, 5) is 0. The van der Waals surface area contributed by atoms with E-state index in [9.17, 15) is 10.2 Å². The lowest BCUT2D eigenvalue weighted by Crippen LogP contribution is -2.63. The van der Waals surface area contributed by atoms with Crippen LogP contribution in [-0.4, -0.2) is 70.1 Å². The highest BCUT2D eigenvalue weighted by Crippen LogP contribution is 2.40. The molecule has 0 bridgehead atoms. The van der Waals surface area contributed by atoms with E-state index in [4.69, 9.17) is 23.4 Å². The van der Waals surface area contributed by atoms with Gasteiger partial charge >= 0.3 is 0 Å². The molecule has 1 aliphatic rings. The summed E-state index contributed by atoms with van der Waals surface area (Å²) in [6.45, 7) is 10.7. The van der Waals surface area contributed by atoms with Gasteiger partial charge in [-0.15, -0.1) is 0 Å². The van der Waals surface area contributed by atoms with Crippen molar-refractivity contribution in [1.82, 2.24) is 0 Å². The zero-order chi connectivity index (χ0) is 21.8. The number of aliphatic hydroxyl groups excluding tert-OH is 2. The zero-order valence-electron chi connectivity index (χ0n) is 18.5. The average molecular weight is 429 g/mol. The van der Waals surface area contributed by atoms with Gasteiger partial charge < -0.3 is 33.6 Å². The minimum Gasteiger partial charge on any atom is -0.497 e. The first kappa shape index (κ1) is 24.3. The van der Waals surface area contributed by atoms with Crippen molar-refractivity contribution in [1.29, 1.82) is 0 Å². The first-order valence-corrected chi connectivity index (χ1v) is 12.8. The van der Waals surface area contributed by atoms with Gasteiger partial charge in [-0.2, -0.15) is 0 Å². The van der Waals surface area contributed by atoms with Crippen LogP contribution in [0.4, 0.5) is 0 Å². The molecule has 1 saturated heterocycles. The predicted molar refractivity (Wildman–Crippen MR) is 112 cm³/mol. The third kappa shape index (κ3) is 5.79. The van der Waals surface area contributed by atoms with Gasteiger partial charge in [-0.3, -0.25) is 0 Å². The van der Waals surface area contributed by atoms with Crippen molar-refractivity contribution in [2.24, 2.45) is 0 Å². The van der Waals surface area contributed by atoms with E-state index < -0.39 is 39.0 Å². The number of rotatable bonds is 8. The quantitative estimate of drug-likeness (QED) is 0.616. The third-order valence-electron chi connectivity index (χ3n) is 5.87. The Hall–Kier alpha value is -1.00. The smallest absolute Gasteiger partial charge is 0.192 e. The molecule has 0 aromatic heterocycles. The van der Waals surface area contributed by atoms with E-state index in [1.54, 1.807) is 7.11 Å². The molecule has 0 unspecified atom stereocenters. The molecule has 1 heterocycles. The number of hydrogen-bond donors (Lipinski definition) is 2. The first-order chi connectivity index (χ1) is 13.5. The van der Waals surface area contributed by atoms with Crippen LogP contribution >= 0.6 is 0 Å². The molecule has 0 spiro atoms. The van der Waals surface area contributed by atoms with E-state index in [1.165, 1.54) is 7.11 Å². The van der Waals surface area contributed by atoms with Gasteiger partial charge in [0.05, 0.1) is 20.3 Å². The summed E-state index contributed by atoms with van der Waals surface area (Å²) in [5.74, 6) is 0.764. The lowest BCUT2D eigenvalue weighted by Gasteiger charge is -2.48. The topological polar surface area (TPSA) is 86.6 Å². The Labute approximate surface area is 175 Å². The predicted octanol–water partition coefficient (Wildman–Crippen LogP) is 2.70. The Kier molecular flexibility index (Phi) is 8.26. The van der Waals surface area contributed by atoms with E-state index in [1.807, 2.05) is 24.3 Å². The SMILES string of the molecule is COc1ccc(CO[C@H]2[C@H](O[Si](C)(C)C(C)(C)C)[C@@H](O)[C@@H](OC)O[C@@H]2CO)cc1. The molecular weight excluding hydrogens is 392 g/mol. The molecule has 0 aliphatic carbocycles. The Balaban J connectivity index is 2.24. The highest BCUT2D eigenvalue weighted by atomic mass is 28.4. The van der Waals surface area contributed by atoms with Gasteiger partial charge in [0.15, 0.2) is 14.6 Å². The maximum absolute atomic E-state index is 10.9. The summed E-state index contributed by atoms with van der Waals surface area (Å²) < 4.78 is 28.9. The maximum atomic E-state index is 10.9. The molecular formula is C21H36O7Si. The summed E-state index contributed by atoms with van der Waals surface area (Å²) in [5.41, 5.74) is 0.942. The van der Waals surface area contributed by atoms with Crippen molar-refractivity contribution in [3.05, 3.63) is 29.8 Å². The molecule has 29 heavy (non-hydrogen) atoms. The number of aliphatic hydroxyl groups is 2. The molecule has 2 rings (SSSR count). The molecule has 7 nitrogen and oxygen atoms in total. The van der Waals surface area contributed by atoms with Crippen LogP contribution < -0.4 is 4.74 Å². The fraction of sp³-hybridized carbons (Fsp3) is 0.714. The second kappa shape index (κ2) is 9.87. The van der Waals surface area contributed by atoms with Crippen LogP contribution in [0.2, 0.25) is 18.1 Å². The second-order valence-corrected chi connectivity index (χ2v) is 13.7. The first-order valence-electron chi connectivity index (χ1n) is 9.93. The summed E-state index contributed by atoms with van der Waals surface area (Å²) in [6.07, 6.45) is -3.90. The minimum atomic E-state index is -2.23. The van der Waals surface area contributed by atoms with E-state index in [0.29, 0.717) is 0 Å². The molecule has 0 saturated carbocycles.